The average molecular weight is 491 g/mol. The summed E-state index contributed by atoms with van der Waals surface area (Å²) in [4.78, 5) is 0. The molecule has 0 aliphatic rings. The first-order valence-electron chi connectivity index (χ1n) is 17.1. The molecule has 0 saturated carbocycles. The van der Waals surface area contributed by atoms with Crippen molar-refractivity contribution < 1.29 is 0 Å². The molecule has 0 saturated heterocycles. The predicted octanol–water partition coefficient (Wildman–Crippen LogP) is 13.7. The maximum absolute atomic E-state index is 2.46. The molecule has 0 aliphatic carbocycles. The van der Waals surface area contributed by atoms with Gasteiger partial charge in [-0.3, -0.25) is 0 Å². The molecule has 0 aromatic heterocycles. The standard InChI is InChI=1S/C35H70/c1-3-5-7-9-11-13-15-17-19-21-23-25-27-29-31-33-35-34-32-30-28-26-24-22-20-18-16-14-12-10-8-6-4-2/h21,23H,3-20,22,24-35H2,1-2H3. The fourth-order valence-electron chi connectivity index (χ4n) is 5.33. The molecule has 0 radical (unpaired) electrons. The highest BCUT2D eigenvalue weighted by atomic mass is 14.0. The topological polar surface area (TPSA) is 0 Å². The van der Waals surface area contributed by atoms with Crippen LogP contribution in [-0.2, 0) is 0 Å². The van der Waals surface area contributed by atoms with Gasteiger partial charge in [-0.15, -0.1) is 0 Å². The van der Waals surface area contributed by atoms with Crippen LogP contribution in [-0.4, -0.2) is 0 Å². The molecule has 0 unspecified atom stereocenters. The molecule has 35 heavy (non-hydrogen) atoms. The molecule has 0 N–H and O–H groups in total. The van der Waals surface area contributed by atoms with Gasteiger partial charge in [-0.1, -0.05) is 199 Å². The highest BCUT2D eigenvalue weighted by Gasteiger charge is 1.96. The van der Waals surface area contributed by atoms with Gasteiger partial charge in [0.1, 0.15) is 0 Å². The van der Waals surface area contributed by atoms with Gasteiger partial charge < -0.3 is 0 Å². The number of allylic oxidation sites excluding steroid dienone is 2. The quantitative estimate of drug-likeness (QED) is 0.0669. The summed E-state index contributed by atoms with van der Waals surface area (Å²) in [7, 11) is 0. The van der Waals surface area contributed by atoms with Gasteiger partial charge in [-0.2, -0.15) is 0 Å². The van der Waals surface area contributed by atoms with Crippen LogP contribution in [0.4, 0.5) is 0 Å². The van der Waals surface area contributed by atoms with Crippen LogP contribution in [0.25, 0.3) is 0 Å². The summed E-state index contributed by atoms with van der Waals surface area (Å²) in [5.41, 5.74) is 0. The summed E-state index contributed by atoms with van der Waals surface area (Å²) in [6, 6.07) is 0. The zero-order valence-electron chi connectivity index (χ0n) is 25.1. The van der Waals surface area contributed by atoms with E-state index in [9.17, 15) is 0 Å². The van der Waals surface area contributed by atoms with E-state index in [1.165, 1.54) is 199 Å². The average Bonchev–Trinajstić information content (AvgIpc) is 2.87. The fourth-order valence-corrected chi connectivity index (χ4v) is 5.33. The molecule has 0 heteroatoms. The summed E-state index contributed by atoms with van der Waals surface area (Å²) in [5.74, 6) is 0. The maximum Gasteiger partial charge on any atom is -0.0351 e. The molecule has 0 nitrogen and oxygen atoms in total. The second-order valence-corrected chi connectivity index (χ2v) is 11.6. The summed E-state index contributed by atoms with van der Waals surface area (Å²) >= 11 is 0. The Morgan fingerprint density at radius 2 is 0.400 bits per heavy atom. The Bertz CT molecular complexity index is 368. The Morgan fingerprint density at radius 3 is 0.600 bits per heavy atom. The first-order valence-corrected chi connectivity index (χ1v) is 17.1. The SMILES string of the molecule is CCCCCCCCCCC=CCCCCCCCCCCCCCCCCCCCCCCC. The van der Waals surface area contributed by atoms with Gasteiger partial charge in [0.2, 0.25) is 0 Å². The van der Waals surface area contributed by atoms with Gasteiger partial charge in [-0.25, -0.2) is 0 Å². The Balaban J connectivity index is 3.05. The van der Waals surface area contributed by atoms with Gasteiger partial charge in [0.25, 0.3) is 0 Å². The third-order valence-electron chi connectivity index (χ3n) is 7.87. The lowest BCUT2D eigenvalue weighted by atomic mass is 10.0. The molecule has 0 bridgehead atoms. The molecule has 0 atom stereocenters. The van der Waals surface area contributed by atoms with E-state index in [0.717, 1.165) is 0 Å². The minimum atomic E-state index is 1.31. The Kier molecular flexibility index (Phi) is 33.5. The highest BCUT2D eigenvalue weighted by molar-refractivity contribution is 4.81. The summed E-state index contributed by atoms with van der Waals surface area (Å²) < 4.78 is 0. The van der Waals surface area contributed by atoms with E-state index in [0.29, 0.717) is 0 Å². The summed E-state index contributed by atoms with van der Waals surface area (Å²) in [6.07, 6.45) is 49.9. The van der Waals surface area contributed by atoms with E-state index < -0.39 is 0 Å². The van der Waals surface area contributed by atoms with Crippen LogP contribution in [0.3, 0.4) is 0 Å². The van der Waals surface area contributed by atoms with E-state index >= 15 is 0 Å². The molecule has 0 aliphatic heterocycles. The monoisotopic (exact) mass is 491 g/mol. The molecule has 0 heterocycles. The van der Waals surface area contributed by atoms with Gasteiger partial charge in [-0.05, 0) is 25.7 Å². The van der Waals surface area contributed by atoms with Gasteiger partial charge in [0.05, 0.1) is 0 Å². The first-order chi connectivity index (χ1) is 17.4. The van der Waals surface area contributed by atoms with Crippen LogP contribution in [0.2, 0.25) is 0 Å². The smallest absolute Gasteiger partial charge is 0.0351 e. The fraction of sp³-hybridized carbons (Fsp3) is 0.943. The van der Waals surface area contributed by atoms with E-state index in [1.54, 1.807) is 0 Å². The van der Waals surface area contributed by atoms with Crippen molar-refractivity contribution in [2.24, 2.45) is 0 Å². The first kappa shape index (κ1) is 34.7. The lowest BCUT2D eigenvalue weighted by Crippen LogP contribution is -1.84. The zero-order chi connectivity index (χ0) is 25.3. The zero-order valence-corrected chi connectivity index (χ0v) is 25.1. The molecule has 210 valence electrons. The third-order valence-corrected chi connectivity index (χ3v) is 7.87. The molecular weight excluding hydrogens is 420 g/mol. The largest absolute Gasteiger partial charge is 0.0885 e. The molecule has 0 amide bonds. The van der Waals surface area contributed by atoms with Crippen molar-refractivity contribution in [3.05, 3.63) is 12.2 Å². The van der Waals surface area contributed by atoms with Crippen molar-refractivity contribution in [2.45, 2.75) is 213 Å². The van der Waals surface area contributed by atoms with Crippen molar-refractivity contribution in [2.75, 3.05) is 0 Å². The van der Waals surface area contributed by atoms with Crippen molar-refractivity contribution in [1.82, 2.24) is 0 Å². The summed E-state index contributed by atoms with van der Waals surface area (Å²) in [5, 5.41) is 0. The van der Waals surface area contributed by atoms with Gasteiger partial charge in [0, 0.05) is 0 Å². The van der Waals surface area contributed by atoms with E-state index in [1.807, 2.05) is 0 Å². The molecule has 0 spiro atoms. The summed E-state index contributed by atoms with van der Waals surface area (Å²) in [6.45, 7) is 4.61. The molecule has 0 aromatic rings. The van der Waals surface area contributed by atoms with Crippen molar-refractivity contribution in [3.63, 3.8) is 0 Å². The predicted molar refractivity (Wildman–Crippen MR) is 164 cm³/mol. The lowest BCUT2D eigenvalue weighted by Gasteiger charge is -2.04. The number of rotatable bonds is 31. The van der Waals surface area contributed by atoms with Gasteiger partial charge in [0.15, 0.2) is 0 Å². The normalized spacial score (nSPS) is 11.7. The minimum absolute atomic E-state index is 1.31. The highest BCUT2D eigenvalue weighted by Crippen LogP contribution is 2.15. The van der Waals surface area contributed by atoms with Crippen LogP contribution in [0, 0.1) is 0 Å². The number of hydrogen-bond acceptors (Lipinski definition) is 0. The van der Waals surface area contributed by atoms with Crippen LogP contribution in [0.5, 0.6) is 0 Å². The molecule has 0 aromatic carbocycles. The van der Waals surface area contributed by atoms with Gasteiger partial charge >= 0.3 is 0 Å². The number of hydrogen-bond donors (Lipinski definition) is 0. The second kappa shape index (κ2) is 33.7. The lowest BCUT2D eigenvalue weighted by molar-refractivity contribution is 0.520. The van der Waals surface area contributed by atoms with Crippen LogP contribution >= 0.6 is 0 Å². The minimum Gasteiger partial charge on any atom is -0.0885 e. The van der Waals surface area contributed by atoms with E-state index in [2.05, 4.69) is 26.0 Å². The third kappa shape index (κ3) is 33.7. The number of unbranched alkanes of at least 4 members (excludes halogenated alkanes) is 29. The molecule has 0 rings (SSSR count). The molecule has 0 fully saturated rings. The van der Waals surface area contributed by atoms with Crippen LogP contribution < -0.4 is 0 Å². The Labute approximate surface area is 224 Å². The Hall–Kier alpha value is -0.260. The van der Waals surface area contributed by atoms with Crippen molar-refractivity contribution in [3.8, 4) is 0 Å². The van der Waals surface area contributed by atoms with Crippen LogP contribution in [0.1, 0.15) is 213 Å². The van der Waals surface area contributed by atoms with E-state index in [4.69, 9.17) is 0 Å². The van der Waals surface area contributed by atoms with Crippen molar-refractivity contribution in [1.29, 1.82) is 0 Å². The van der Waals surface area contributed by atoms with Crippen LogP contribution in [0.15, 0.2) is 12.2 Å². The maximum atomic E-state index is 2.46. The second-order valence-electron chi connectivity index (χ2n) is 11.6. The molecular formula is C35H70. The van der Waals surface area contributed by atoms with E-state index in [-0.39, 0.29) is 0 Å². The Morgan fingerprint density at radius 1 is 0.229 bits per heavy atom. The van der Waals surface area contributed by atoms with Crippen molar-refractivity contribution >= 4 is 0 Å².